The van der Waals surface area contributed by atoms with Crippen molar-refractivity contribution in [1.82, 2.24) is 5.43 Å². The van der Waals surface area contributed by atoms with Gasteiger partial charge in [-0.1, -0.05) is 15.9 Å². The number of anilines is 1. The van der Waals surface area contributed by atoms with Gasteiger partial charge in [0, 0.05) is 10.0 Å². The number of nitrogens with zero attached hydrogens (tertiary/aromatic N) is 1. The fraction of sp³-hybridized carbons (Fsp3) is 0.111. The number of hydrazine groups is 1. The molecule has 0 aromatic heterocycles. The summed E-state index contributed by atoms with van der Waals surface area (Å²) in [4.78, 5) is 24.9. The predicted molar refractivity (Wildman–Crippen MR) is 97.3 cm³/mol. The average Bonchev–Trinajstić information content (AvgIpc) is 2.90. The monoisotopic (exact) mass is 402 g/mol. The second-order valence-electron chi connectivity index (χ2n) is 5.22. The molecule has 1 heterocycles. The normalized spacial score (nSPS) is 15.5. The van der Waals surface area contributed by atoms with Crippen LogP contribution in [0.1, 0.15) is 5.56 Å². The van der Waals surface area contributed by atoms with Crippen LogP contribution in [0.2, 0.25) is 0 Å². The van der Waals surface area contributed by atoms with Gasteiger partial charge in [-0.05, 0) is 48.5 Å². The quantitative estimate of drug-likeness (QED) is 0.630. The number of hydrogen-bond acceptors (Lipinski definition) is 4. The van der Waals surface area contributed by atoms with Gasteiger partial charge < -0.3 is 9.47 Å². The molecular weight excluding hydrogens is 388 g/mol. The van der Waals surface area contributed by atoms with E-state index in [9.17, 15) is 9.59 Å². The third-order valence-corrected chi connectivity index (χ3v) is 4.24. The van der Waals surface area contributed by atoms with Crippen molar-refractivity contribution >= 4 is 39.5 Å². The topological polar surface area (TPSA) is 67.9 Å². The molecule has 6 nitrogen and oxygen atoms in total. The van der Waals surface area contributed by atoms with Crippen LogP contribution in [-0.4, -0.2) is 26.0 Å². The maximum absolute atomic E-state index is 12.7. The van der Waals surface area contributed by atoms with Crippen LogP contribution in [-0.2, 0) is 9.59 Å². The van der Waals surface area contributed by atoms with E-state index in [1.165, 1.54) is 18.2 Å². The first kappa shape index (κ1) is 17.0. The third kappa shape index (κ3) is 3.36. The Hall–Kier alpha value is -2.80. The second kappa shape index (κ2) is 6.98. The highest BCUT2D eigenvalue weighted by Crippen LogP contribution is 2.28. The van der Waals surface area contributed by atoms with Crippen molar-refractivity contribution < 1.29 is 19.1 Å². The molecule has 0 bridgehead atoms. The van der Waals surface area contributed by atoms with Gasteiger partial charge in [0.2, 0.25) is 0 Å². The zero-order valence-corrected chi connectivity index (χ0v) is 15.2. The number of carbonyl (C=O) groups is 2. The van der Waals surface area contributed by atoms with Crippen LogP contribution in [0.25, 0.3) is 6.08 Å². The van der Waals surface area contributed by atoms with Gasteiger partial charge in [-0.15, -0.1) is 0 Å². The number of nitrogens with one attached hydrogen (secondary N) is 1. The lowest BCUT2D eigenvalue weighted by Gasteiger charge is -2.14. The summed E-state index contributed by atoms with van der Waals surface area (Å²) in [7, 11) is 3.07. The summed E-state index contributed by atoms with van der Waals surface area (Å²) in [5.74, 6) is 0.231. The summed E-state index contributed by atoms with van der Waals surface area (Å²) in [6.07, 6.45) is 1.50. The number of rotatable bonds is 4. The minimum atomic E-state index is -0.474. The molecule has 0 atom stereocenters. The fourth-order valence-corrected chi connectivity index (χ4v) is 2.70. The number of halogens is 1. The molecular formula is C18H15BrN2O4. The number of carbonyl (C=O) groups excluding carboxylic acids is 2. The lowest BCUT2D eigenvalue weighted by atomic mass is 10.1. The molecule has 25 heavy (non-hydrogen) atoms. The maximum atomic E-state index is 12.7. The summed E-state index contributed by atoms with van der Waals surface area (Å²) < 4.78 is 11.4. The van der Waals surface area contributed by atoms with Gasteiger partial charge in [-0.25, -0.2) is 5.01 Å². The number of benzene rings is 2. The molecule has 0 radical (unpaired) electrons. The SMILES string of the molecule is COc1ccc(OC)c(C=C2C(=O)NN(c3ccc(Br)cc3)C2=O)c1. The molecule has 1 N–H and O–H groups in total. The molecule has 1 aliphatic heterocycles. The highest BCUT2D eigenvalue weighted by atomic mass is 79.9. The van der Waals surface area contributed by atoms with Gasteiger partial charge in [-0.3, -0.25) is 15.0 Å². The van der Waals surface area contributed by atoms with E-state index in [0.717, 1.165) is 4.47 Å². The zero-order chi connectivity index (χ0) is 18.0. The fourth-order valence-electron chi connectivity index (χ4n) is 2.44. The van der Waals surface area contributed by atoms with Crippen molar-refractivity contribution in [3.63, 3.8) is 0 Å². The van der Waals surface area contributed by atoms with Crippen molar-refractivity contribution in [1.29, 1.82) is 0 Å². The Bertz CT molecular complexity index is 862. The van der Waals surface area contributed by atoms with Crippen molar-refractivity contribution in [3.05, 3.63) is 58.1 Å². The smallest absolute Gasteiger partial charge is 0.282 e. The highest BCUT2D eigenvalue weighted by Gasteiger charge is 2.34. The minimum absolute atomic E-state index is 0.0227. The summed E-state index contributed by atoms with van der Waals surface area (Å²) in [6, 6.07) is 12.2. The summed E-state index contributed by atoms with van der Waals surface area (Å²) in [5.41, 5.74) is 3.74. The van der Waals surface area contributed by atoms with Crippen molar-refractivity contribution in [3.8, 4) is 11.5 Å². The third-order valence-electron chi connectivity index (χ3n) is 3.71. The van der Waals surface area contributed by atoms with E-state index >= 15 is 0 Å². The largest absolute Gasteiger partial charge is 0.497 e. The second-order valence-corrected chi connectivity index (χ2v) is 6.14. The molecule has 2 aromatic rings. The van der Waals surface area contributed by atoms with E-state index in [1.54, 1.807) is 49.6 Å². The highest BCUT2D eigenvalue weighted by molar-refractivity contribution is 9.10. The molecule has 1 aliphatic rings. The van der Waals surface area contributed by atoms with Crippen LogP contribution in [0, 0.1) is 0 Å². The first-order chi connectivity index (χ1) is 12.0. The van der Waals surface area contributed by atoms with Crippen LogP contribution in [0.4, 0.5) is 5.69 Å². The molecule has 0 spiro atoms. The number of hydrogen-bond donors (Lipinski definition) is 1. The molecule has 2 amide bonds. The summed E-state index contributed by atoms with van der Waals surface area (Å²) in [6.45, 7) is 0. The number of methoxy groups -OCH3 is 2. The van der Waals surface area contributed by atoms with E-state index in [4.69, 9.17) is 9.47 Å². The molecule has 3 rings (SSSR count). The van der Waals surface area contributed by atoms with E-state index in [2.05, 4.69) is 21.4 Å². The molecule has 0 aliphatic carbocycles. The van der Waals surface area contributed by atoms with Crippen LogP contribution in [0.15, 0.2) is 52.5 Å². The molecule has 128 valence electrons. The molecule has 1 fully saturated rings. The molecule has 0 saturated carbocycles. The van der Waals surface area contributed by atoms with Crippen LogP contribution >= 0.6 is 15.9 Å². The van der Waals surface area contributed by atoms with Gasteiger partial charge in [0.1, 0.15) is 17.1 Å². The molecule has 2 aromatic carbocycles. The standard InChI is InChI=1S/C18H15BrN2O4/c1-24-14-7-8-16(25-2)11(9-14)10-15-17(22)20-21(18(15)23)13-5-3-12(19)4-6-13/h3-10H,1-2H3,(H,20,22). The predicted octanol–water partition coefficient (Wildman–Crippen LogP) is 2.93. The molecule has 0 unspecified atom stereocenters. The lowest BCUT2D eigenvalue weighted by Crippen LogP contribution is -2.35. The van der Waals surface area contributed by atoms with Crippen LogP contribution < -0.4 is 19.9 Å². The van der Waals surface area contributed by atoms with E-state index in [-0.39, 0.29) is 5.57 Å². The minimum Gasteiger partial charge on any atom is -0.497 e. The van der Waals surface area contributed by atoms with Gasteiger partial charge in [0.15, 0.2) is 0 Å². The Morgan fingerprint density at radius 1 is 1.04 bits per heavy atom. The molecule has 1 saturated heterocycles. The van der Waals surface area contributed by atoms with E-state index in [0.29, 0.717) is 22.7 Å². The Kier molecular flexibility index (Phi) is 4.76. The molecule has 7 heteroatoms. The van der Waals surface area contributed by atoms with Crippen molar-refractivity contribution in [2.45, 2.75) is 0 Å². The van der Waals surface area contributed by atoms with Gasteiger partial charge >= 0.3 is 0 Å². The lowest BCUT2D eigenvalue weighted by molar-refractivity contribution is -0.117. The first-order valence-electron chi connectivity index (χ1n) is 7.38. The zero-order valence-electron chi connectivity index (χ0n) is 13.6. The van der Waals surface area contributed by atoms with Gasteiger partial charge in [0.05, 0.1) is 19.9 Å². The Morgan fingerprint density at radius 2 is 1.76 bits per heavy atom. The Labute approximate surface area is 153 Å². The van der Waals surface area contributed by atoms with E-state index in [1.807, 2.05) is 0 Å². The Morgan fingerprint density at radius 3 is 2.40 bits per heavy atom. The maximum Gasteiger partial charge on any atom is 0.282 e. The summed E-state index contributed by atoms with van der Waals surface area (Å²) in [5, 5.41) is 1.22. The van der Waals surface area contributed by atoms with Crippen molar-refractivity contribution in [2.24, 2.45) is 0 Å². The number of amides is 2. The van der Waals surface area contributed by atoms with Crippen LogP contribution in [0.5, 0.6) is 11.5 Å². The van der Waals surface area contributed by atoms with Gasteiger partial charge in [-0.2, -0.15) is 0 Å². The number of ether oxygens (including phenoxy) is 2. The van der Waals surface area contributed by atoms with Crippen molar-refractivity contribution in [2.75, 3.05) is 19.2 Å². The first-order valence-corrected chi connectivity index (χ1v) is 8.17. The summed E-state index contributed by atoms with van der Waals surface area (Å²) >= 11 is 3.34. The van der Waals surface area contributed by atoms with Crippen LogP contribution in [0.3, 0.4) is 0 Å². The van der Waals surface area contributed by atoms with Gasteiger partial charge in [0.25, 0.3) is 11.8 Å². The van der Waals surface area contributed by atoms with E-state index < -0.39 is 11.8 Å². The Balaban J connectivity index is 1.97. The average molecular weight is 403 g/mol.